The van der Waals surface area contributed by atoms with Gasteiger partial charge in [-0.25, -0.2) is 9.67 Å². The van der Waals surface area contributed by atoms with E-state index < -0.39 is 0 Å². The van der Waals surface area contributed by atoms with Gasteiger partial charge in [0.15, 0.2) is 5.65 Å². The van der Waals surface area contributed by atoms with E-state index in [0.29, 0.717) is 11.6 Å². The van der Waals surface area contributed by atoms with Crippen LogP contribution in [0.25, 0.3) is 22.3 Å². The number of hydrogen-bond acceptors (Lipinski definition) is 4. The third kappa shape index (κ3) is 3.72. The maximum absolute atomic E-state index is 13.7. The average molecular weight is 406 g/mol. The van der Waals surface area contributed by atoms with Gasteiger partial charge in [0, 0.05) is 30.7 Å². The van der Waals surface area contributed by atoms with E-state index >= 15 is 0 Å². The van der Waals surface area contributed by atoms with Crippen molar-refractivity contribution in [2.24, 2.45) is 0 Å². The van der Waals surface area contributed by atoms with Crippen LogP contribution in [0, 0.1) is 6.92 Å². The molecule has 2 aromatic heterocycles. The molecule has 30 heavy (non-hydrogen) atoms. The maximum atomic E-state index is 13.7. The Kier molecular flexibility index (Phi) is 5.60. The Bertz CT molecular complexity index is 1070. The second-order valence-corrected chi connectivity index (χ2v) is 8.80. The molecular weight excluding hydrogens is 374 g/mol. The lowest BCUT2D eigenvalue weighted by molar-refractivity contribution is 0.0637. The smallest absolute Gasteiger partial charge is 0.254 e. The number of piperidine rings is 1. The summed E-state index contributed by atoms with van der Waals surface area (Å²) in [6, 6.07) is 10.7. The zero-order chi connectivity index (χ0) is 21.4. The van der Waals surface area contributed by atoms with Crippen LogP contribution in [0.3, 0.4) is 0 Å². The second-order valence-electron chi connectivity index (χ2n) is 8.80. The molecule has 0 aliphatic carbocycles. The molecule has 1 aromatic carbocycles. The molecule has 1 aliphatic rings. The lowest BCUT2D eigenvalue weighted by Gasteiger charge is -2.36. The molecule has 0 radical (unpaired) electrons. The Balaban J connectivity index is 1.84. The van der Waals surface area contributed by atoms with Crippen molar-refractivity contribution >= 4 is 16.9 Å². The summed E-state index contributed by atoms with van der Waals surface area (Å²) in [5.41, 5.74) is 4.49. The van der Waals surface area contributed by atoms with Crippen molar-refractivity contribution in [3.8, 4) is 11.3 Å². The number of carbonyl (C=O) groups excluding carboxylic acids is 1. The summed E-state index contributed by atoms with van der Waals surface area (Å²) >= 11 is 0. The molecule has 1 aliphatic heterocycles. The molecule has 158 valence electrons. The molecule has 3 aromatic rings. The van der Waals surface area contributed by atoms with Crippen molar-refractivity contribution in [2.45, 2.75) is 45.7 Å². The summed E-state index contributed by atoms with van der Waals surface area (Å²) in [6.45, 7) is 7.80. The van der Waals surface area contributed by atoms with Gasteiger partial charge in [0.1, 0.15) is 0 Å². The molecule has 0 bridgehead atoms. The molecular formula is C24H31N5O. The van der Waals surface area contributed by atoms with Crippen molar-refractivity contribution in [3.63, 3.8) is 0 Å². The Labute approximate surface area is 178 Å². The number of likely N-dealkylation sites (tertiary alicyclic amines) is 1. The van der Waals surface area contributed by atoms with Crippen molar-refractivity contribution in [1.82, 2.24) is 24.6 Å². The van der Waals surface area contributed by atoms with Gasteiger partial charge >= 0.3 is 0 Å². The average Bonchev–Trinajstić information content (AvgIpc) is 3.17. The fourth-order valence-electron chi connectivity index (χ4n) is 4.30. The molecule has 1 saturated heterocycles. The van der Waals surface area contributed by atoms with Crippen LogP contribution in [0.15, 0.2) is 36.5 Å². The predicted octanol–water partition coefficient (Wildman–Crippen LogP) is 4.15. The zero-order valence-corrected chi connectivity index (χ0v) is 18.6. The standard InChI is InChI=1S/C24H31N5O/c1-16(2)29-23-21(14-25-29)20(13-22(26-23)19-11-7-6-9-17(19)3)24(30)28-12-8-10-18(15-28)27(4)5/h6-7,9,11,13-14,16,18H,8,10,12,15H2,1-5H3. The van der Waals surface area contributed by atoms with Gasteiger partial charge in [-0.2, -0.15) is 5.10 Å². The van der Waals surface area contributed by atoms with Crippen LogP contribution in [0.4, 0.5) is 0 Å². The third-order valence-corrected chi connectivity index (χ3v) is 6.12. The van der Waals surface area contributed by atoms with Gasteiger partial charge < -0.3 is 9.80 Å². The van der Waals surface area contributed by atoms with E-state index in [-0.39, 0.29) is 11.9 Å². The fourth-order valence-corrected chi connectivity index (χ4v) is 4.30. The Hall–Kier alpha value is -2.73. The van der Waals surface area contributed by atoms with Crippen LogP contribution in [-0.4, -0.2) is 63.7 Å². The Morgan fingerprint density at radius 2 is 2.00 bits per heavy atom. The van der Waals surface area contributed by atoms with Crippen LogP contribution >= 0.6 is 0 Å². The lowest BCUT2D eigenvalue weighted by Crippen LogP contribution is -2.47. The van der Waals surface area contributed by atoms with E-state index in [4.69, 9.17) is 4.98 Å². The van der Waals surface area contributed by atoms with Crippen LogP contribution in [-0.2, 0) is 0 Å². The topological polar surface area (TPSA) is 54.3 Å². The van der Waals surface area contributed by atoms with E-state index in [1.54, 1.807) is 6.20 Å². The summed E-state index contributed by atoms with van der Waals surface area (Å²) in [6.07, 6.45) is 3.95. The van der Waals surface area contributed by atoms with E-state index in [1.165, 1.54) is 0 Å². The molecule has 3 heterocycles. The van der Waals surface area contributed by atoms with E-state index in [2.05, 4.69) is 57.0 Å². The van der Waals surface area contributed by atoms with Gasteiger partial charge in [0.25, 0.3) is 5.91 Å². The number of fused-ring (bicyclic) bond motifs is 1. The first-order valence-electron chi connectivity index (χ1n) is 10.8. The highest BCUT2D eigenvalue weighted by Crippen LogP contribution is 2.29. The first kappa shape index (κ1) is 20.5. The van der Waals surface area contributed by atoms with Crippen molar-refractivity contribution in [3.05, 3.63) is 47.7 Å². The molecule has 1 atom stereocenters. The highest BCUT2D eigenvalue weighted by molar-refractivity contribution is 6.06. The van der Waals surface area contributed by atoms with Crippen LogP contribution < -0.4 is 0 Å². The number of amides is 1. The van der Waals surface area contributed by atoms with E-state index in [9.17, 15) is 4.79 Å². The summed E-state index contributed by atoms with van der Waals surface area (Å²) in [5, 5.41) is 5.39. The van der Waals surface area contributed by atoms with Gasteiger partial charge in [-0.15, -0.1) is 0 Å². The number of aryl methyl sites for hydroxylation is 1. The molecule has 6 heteroatoms. The summed E-state index contributed by atoms with van der Waals surface area (Å²) in [5.74, 6) is 0.0760. The third-order valence-electron chi connectivity index (χ3n) is 6.12. The summed E-state index contributed by atoms with van der Waals surface area (Å²) in [4.78, 5) is 22.8. The molecule has 0 saturated carbocycles. The number of rotatable bonds is 4. The number of benzene rings is 1. The van der Waals surface area contributed by atoms with Gasteiger partial charge in [0.05, 0.1) is 22.8 Å². The first-order chi connectivity index (χ1) is 14.4. The minimum atomic E-state index is 0.0760. The number of pyridine rings is 1. The van der Waals surface area contributed by atoms with E-state index in [1.807, 2.05) is 27.8 Å². The molecule has 1 fully saturated rings. The minimum Gasteiger partial charge on any atom is -0.337 e. The molecule has 4 rings (SSSR count). The molecule has 6 nitrogen and oxygen atoms in total. The number of likely N-dealkylation sites (N-methyl/N-ethyl adjacent to an activating group) is 1. The number of hydrogen-bond donors (Lipinski definition) is 0. The van der Waals surface area contributed by atoms with Crippen LogP contribution in [0.5, 0.6) is 0 Å². The van der Waals surface area contributed by atoms with Gasteiger partial charge in [0.2, 0.25) is 0 Å². The van der Waals surface area contributed by atoms with Crippen LogP contribution in [0.2, 0.25) is 0 Å². The van der Waals surface area contributed by atoms with Gasteiger partial charge in [-0.3, -0.25) is 4.79 Å². The summed E-state index contributed by atoms with van der Waals surface area (Å²) < 4.78 is 1.91. The monoisotopic (exact) mass is 405 g/mol. The first-order valence-corrected chi connectivity index (χ1v) is 10.8. The number of aromatic nitrogens is 3. The second kappa shape index (κ2) is 8.19. The molecule has 1 amide bonds. The van der Waals surface area contributed by atoms with Crippen molar-refractivity contribution < 1.29 is 4.79 Å². The lowest BCUT2D eigenvalue weighted by atomic mass is 10.0. The predicted molar refractivity (Wildman–Crippen MR) is 121 cm³/mol. The number of nitrogens with zero attached hydrogens (tertiary/aromatic N) is 5. The Morgan fingerprint density at radius 1 is 1.23 bits per heavy atom. The molecule has 1 unspecified atom stereocenters. The zero-order valence-electron chi connectivity index (χ0n) is 18.6. The quantitative estimate of drug-likeness (QED) is 0.654. The highest BCUT2D eigenvalue weighted by Gasteiger charge is 2.28. The molecule has 0 N–H and O–H groups in total. The minimum absolute atomic E-state index is 0.0760. The SMILES string of the molecule is Cc1ccccc1-c1cc(C(=O)N2CCCC(N(C)C)C2)c2cnn(C(C)C)c2n1. The fraction of sp³-hybridized carbons (Fsp3) is 0.458. The highest BCUT2D eigenvalue weighted by atomic mass is 16.2. The summed E-state index contributed by atoms with van der Waals surface area (Å²) in [7, 11) is 4.18. The normalized spacial score (nSPS) is 17.3. The molecule has 0 spiro atoms. The van der Waals surface area contributed by atoms with Crippen molar-refractivity contribution in [1.29, 1.82) is 0 Å². The Morgan fingerprint density at radius 3 is 2.70 bits per heavy atom. The van der Waals surface area contributed by atoms with E-state index in [0.717, 1.165) is 53.8 Å². The maximum Gasteiger partial charge on any atom is 0.254 e. The number of carbonyl (C=O) groups is 1. The van der Waals surface area contributed by atoms with Crippen molar-refractivity contribution in [2.75, 3.05) is 27.2 Å². The van der Waals surface area contributed by atoms with Crippen LogP contribution in [0.1, 0.15) is 48.7 Å². The van der Waals surface area contributed by atoms with Gasteiger partial charge in [-0.05, 0) is 59.3 Å². The largest absolute Gasteiger partial charge is 0.337 e. The van der Waals surface area contributed by atoms with Gasteiger partial charge in [-0.1, -0.05) is 24.3 Å².